The van der Waals surface area contributed by atoms with E-state index in [2.05, 4.69) is 0 Å². The quantitative estimate of drug-likeness (QED) is 0.587. The Morgan fingerprint density at radius 1 is 1.50 bits per heavy atom. The van der Waals surface area contributed by atoms with Crippen molar-refractivity contribution in [2.24, 2.45) is 0 Å². The van der Waals surface area contributed by atoms with Crippen molar-refractivity contribution in [3.63, 3.8) is 0 Å². The predicted octanol–water partition coefficient (Wildman–Crippen LogP) is 2.07. The van der Waals surface area contributed by atoms with Gasteiger partial charge in [-0.15, -0.1) is 12.4 Å². The molecular formula is C7H14ClFO. The first kappa shape index (κ1) is 10.2. The molecule has 0 bridgehead atoms. The topological polar surface area (TPSA) is 20.2 Å². The highest BCUT2D eigenvalue weighted by Gasteiger charge is 2.34. The van der Waals surface area contributed by atoms with Gasteiger partial charge in [0.15, 0.2) is 0 Å². The lowest BCUT2D eigenvalue weighted by molar-refractivity contribution is -0.0268. The molecule has 2 atom stereocenters. The van der Waals surface area contributed by atoms with Gasteiger partial charge in [0.2, 0.25) is 0 Å². The molecular weight excluding hydrogens is 155 g/mol. The van der Waals surface area contributed by atoms with Crippen molar-refractivity contribution in [3.05, 3.63) is 0 Å². The minimum Gasteiger partial charge on any atom is -0.390 e. The molecule has 0 radical (unpaired) electrons. The number of hydrogen-bond donors (Lipinski definition) is 1. The lowest BCUT2D eigenvalue weighted by Gasteiger charge is -2.30. The Bertz CT molecular complexity index is 106. The summed E-state index contributed by atoms with van der Waals surface area (Å²) < 4.78 is 13.0. The maximum atomic E-state index is 13.0. The van der Waals surface area contributed by atoms with E-state index in [0.29, 0.717) is 12.8 Å². The van der Waals surface area contributed by atoms with E-state index in [1.165, 1.54) is 6.92 Å². The van der Waals surface area contributed by atoms with Crippen LogP contribution >= 0.6 is 12.4 Å². The first-order valence-corrected chi connectivity index (χ1v) is 3.50. The number of rotatable bonds is 0. The third-order valence-corrected chi connectivity index (χ3v) is 2.09. The molecule has 1 aliphatic carbocycles. The van der Waals surface area contributed by atoms with E-state index in [9.17, 15) is 4.39 Å². The average molecular weight is 169 g/mol. The highest BCUT2D eigenvalue weighted by Crippen LogP contribution is 2.31. The van der Waals surface area contributed by atoms with Crippen molar-refractivity contribution >= 4 is 12.4 Å². The van der Waals surface area contributed by atoms with Gasteiger partial charge in [-0.3, -0.25) is 0 Å². The molecule has 1 rings (SSSR count). The Morgan fingerprint density at radius 3 is 2.40 bits per heavy atom. The van der Waals surface area contributed by atoms with Crippen LogP contribution in [0.15, 0.2) is 0 Å². The van der Waals surface area contributed by atoms with Crippen LogP contribution in [0.25, 0.3) is 0 Å². The lowest BCUT2D eigenvalue weighted by Crippen LogP contribution is -2.37. The highest BCUT2D eigenvalue weighted by molar-refractivity contribution is 5.85. The third-order valence-electron chi connectivity index (χ3n) is 2.09. The summed E-state index contributed by atoms with van der Waals surface area (Å²) in [6, 6.07) is 0. The zero-order valence-corrected chi connectivity index (χ0v) is 6.96. The summed E-state index contributed by atoms with van der Waals surface area (Å²) in [6.07, 6.45) is 2.33. The fraction of sp³-hybridized carbons (Fsp3) is 1.00. The second-order valence-corrected chi connectivity index (χ2v) is 3.04. The lowest BCUT2D eigenvalue weighted by atomic mass is 9.85. The molecule has 3 heteroatoms. The van der Waals surface area contributed by atoms with E-state index >= 15 is 0 Å². The van der Waals surface area contributed by atoms with E-state index in [1.54, 1.807) is 0 Å². The van der Waals surface area contributed by atoms with Crippen LogP contribution in [-0.4, -0.2) is 16.9 Å². The van der Waals surface area contributed by atoms with Crippen LogP contribution in [0, 0.1) is 0 Å². The largest absolute Gasteiger partial charge is 0.390 e. The monoisotopic (exact) mass is 168 g/mol. The van der Waals surface area contributed by atoms with E-state index in [-0.39, 0.29) is 12.4 Å². The molecule has 0 aromatic carbocycles. The van der Waals surface area contributed by atoms with Crippen LogP contribution in [0.4, 0.5) is 4.39 Å². The minimum absolute atomic E-state index is 0. The van der Waals surface area contributed by atoms with Gasteiger partial charge in [0.1, 0.15) is 5.67 Å². The summed E-state index contributed by atoms with van der Waals surface area (Å²) in [6.45, 7) is 1.48. The third kappa shape index (κ3) is 2.10. The van der Waals surface area contributed by atoms with Crippen molar-refractivity contribution in [2.75, 3.05) is 0 Å². The molecule has 62 valence electrons. The van der Waals surface area contributed by atoms with Crippen molar-refractivity contribution in [3.8, 4) is 0 Å². The van der Waals surface area contributed by atoms with Crippen molar-refractivity contribution in [2.45, 2.75) is 44.4 Å². The van der Waals surface area contributed by atoms with Crippen molar-refractivity contribution in [1.29, 1.82) is 0 Å². The Kier molecular flexibility index (Phi) is 3.60. The second kappa shape index (κ2) is 3.54. The minimum atomic E-state index is -1.31. The number of hydrogen-bond acceptors (Lipinski definition) is 1. The van der Waals surface area contributed by atoms with Gasteiger partial charge < -0.3 is 5.11 Å². The SMILES string of the molecule is CC1(F)CCCCC1O.Cl. The molecule has 0 saturated heterocycles. The van der Waals surface area contributed by atoms with Crippen LogP contribution in [0.5, 0.6) is 0 Å². The van der Waals surface area contributed by atoms with Gasteiger partial charge in [-0.05, 0) is 19.8 Å². The van der Waals surface area contributed by atoms with E-state index < -0.39 is 11.8 Å². The number of aliphatic hydroxyl groups is 1. The fourth-order valence-corrected chi connectivity index (χ4v) is 1.28. The van der Waals surface area contributed by atoms with Crippen molar-refractivity contribution < 1.29 is 9.50 Å². The maximum Gasteiger partial charge on any atom is 0.134 e. The van der Waals surface area contributed by atoms with Crippen LogP contribution in [0.1, 0.15) is 32.6 Å². The number of alkyl halides is 1. The van der Waals surface area contributed by atoms with Crippen LogP contribution < -0.4 is 0 Å². The van der Waals surface area contributed by atoms with Crippen molar-refractivity contribution in [1.82, 2.24) is 0 Å². The second-order valence-electron chi connectivity index (χ2n) is 3.04. The Hall–Kier alpha value is 0.180. The number of aliphatic hydroxyl groups excluding tert-OH is 1. The molecule has 1 aliphatic rings. The summed E-state index contributed by atoms with van der Waals surface area (Å²) >= 11 is 0. The van der Waals surface area contributed by atoms with Gasteiger partial charge in [-0.1, -0.05) is 12.8 Å². The van der Waals surface area contributed by atoms with Crippen LogP contribution in [0.2, 0.25) is 0 Å². The molecule has 0 aromatic heterocycles. The van der Waals surface area contributed by atoms with E-state index in [0.717, 1.165) is 12.8 Å². The van der Waals surface area contributed by atoms with Gasteiger partial charge in [0.05, 0.1) is 6.10 Å². The maximum absolute atomic E-state index is 13.0. The molecule has 0 aliphatic heterocycles. The predicted molar refractivity (Wildman–Crippen MR) is 41.2 cm³/mol. The van der Waals surface area contributed by atoms with E-state index in [1.807, 2.05) is 0 Å². The first-order valence-electron chi connectivity index (χ1n) is 3.50. The summed E-state index contributed by atoms with van der Waals surface area (Å²) in [5, 5.41) is 9.06. The normalized spacial score (nSPS) is 40.5. The molecule has 1 saturated carbocycles. The Labute approximate surface area is 67.0 Å². The van der Waals surface area contributed by atoms with Gasteiger partial charge >= 0.3 is 0 Å². The molecule has 0 aromatic rings. The van der Waals surface area contributed by atoms with Gasteiger partial charge in [-0.2, -0.15) is 0 Å². The summed E-state index contributed by atoms with van der Waals surface area (Å²) in [4.78, 5) is 0. The van der Waals surface area contributed by atoms with Crippen LogP contribution in [-0.2, 0) is 0 Å². The molecule has 2 unspecified atom stereocenters. The van der Waals surface area contributed by atoms with Gasteiger partial charge in [0.25, 0.3) is 0 Å². The highest BCUT2D eigenvalue weighted by atomic mass is 35.5. The summed E-state index contributed by atoms with van der Waals surface area (Å²) in [5.41, 5.74) is -1.31. The first-order chi connectivity index (χ1) is 4.13. The zero-order valence-electron chi connectivity index (χ0n) is 6.14. The zero-order chi connectivity index (χ0) is 6.91. The molecule has 1 nitrogen and oxygen atoms in total. The van der Waals surface area contributed by atoms with Crippen LogP contribution in [0.3, 0.4) is 0 Å². The molecule has 1 N–H and O–H groups in total. The molecule has 10 heavy (non-hydrogen) atoms. The smallest absolute Gasteiger partial charge is 0.134 e. The standard InChI is InChI=1S/C7H13FO.ClH/c1-7(8)5-3-2-4-6(7)9;/h6,9H,2-5H2,1H3;1H. The van der Waals surface area contributed by atoms with E-state index in [4.69, 9.17) is 5.11 Å². The average Bonchev–Trinajstić information content (AvgIpc) is 1.77. The summed E-state index contributed by atoms with van der Waals surface area (Å²) in [5.74, 6) is 0. The summed E-state index contributed by atoms with van der Waals surface area (Å²) in [7, 11) is 0. The molecule has 0 amide bonds. The Morgan fingerprint density at radius 2 is 2.10 bits per heavy atom. The van der Waals surface area contributed by atoms with Gasteiger partial charge in [-0.25, -0.2) is 4.39 Å². The molecule has 0 heterocycles. The Balaban J connectivity index is 0.000000810. The fourth-order valence-electron chi connectivity index (χ4n) is 1.28. The molecule has 1 fully saturated rings. The number of halogens is 2. The van der Waals surface area contributed by atoms with Gasteiger partial charge in [0, 0.05) is 0 Å². The molecule has 0 spiro atoms.